The van der Waals surface area contributed by atoms with Crippen molar-refractivity contribution in [1.82, 2.24) is 18.5 Å². The number of fused-ring (bicyclic) bond motifs is 1. The molecule has 0 bridgehead atoms. The van der Waals surface area contributed by atoms with Crippen molar-refractivity contribution >= 4 is 34.7 Å². The lowest BCUT2D eigenvalue weighted by Gasteiger charge is -2.13. The van der Waals surface area contributed by atoms with Crippen molar-refractivity contribution < 1.29 is 29.3 Å². The first-order valence-corrected chi connectivity index (χ1v) is 12.3. The third-order valence-electron chi connectivity index (χ3n) is 5.94. The number of ether oxygens (including phenoxy) is 2. The van der Waals surface area contributed by atoms with Crippen molar-refractivity contribution in [2.45, 2.75) is 13.0 Å². The highest BCUT2D eigenvalue weighted by atomic mass is 32.1. The lowest BCUT2D eigenvalue weighted by molar-refractivity contribution is -0.139. The van der Waals surface area contributed by atoms with Crippen LogP contribution in [0.5, 0.6) is 11.5 Å². The molecule has 5 aromatic rings. The van der Waals surface area contributed by atoms with Crippen molar-refractivity contribution in [1.29, 1.82) is 0 Å². The van der Waals surface area contributed by atoms with Crippen LogP contribution in [0.3, 0.4) is 0 Å². The second kappa shape index (κ2) is 10.7. The normalized spacial score (nSPS) is 11.0. The Morgan fingerprint density at radius 1 is 0.974 bits per heavy atom. The van der Waals surface area contributed by atoms with Gasteiger partial charge in [-0.05, 0) is 29.8 Å². The molecule has 0 amide bonds. The SMILES string of the molecule is COc1ccc(Cn2nc(-c3ccccc3)c(Cc3ccc4nsnc4c3)c2C(=O)O)c(OCC(=O)O)c1. The molecule has 3 aromatic carbocycles. The summed E-state index contributed by atoms with van der Waals surface area (Å²) in [5.74, 6) is -1.52. The highest BCUT2D eigenvalue weighted by Gasteiger charge is 2.25. The van der Waals surface area contributed by atoms with E-state index < -0.39 is 18.5 Å². The van der Waals surface area contributed by atoms with Crippen LogP contribution in [0.25, 0.3) is 22.3 Å². The van der Waals surface area contributed by atoms with Crippen LogP contribution < -0.4 is 9.47 Å². The van der Waals surface area contributed by atoms with E-state index in [0.717, 1.165) is 33.9 Å². The van der Waals surface area contributed by atoms with Crippen molar-refractivity contribution in [3.63, 3.8) is 0 Å². The number of benzene rings is 3. The molecule has 10 nitrogen and oxygen atoms in total. The molecule has 0 radical (unpaired) electrons. The molecule has 0 unspecified atom stereocenters. The summed E-state index contributed by atoms with van der Waals surface area (Å²) in [5.41, 5.74) is 4.85. The number of hydrogen-bond donors (Lipinski definition) is 2. The number of carboxylic acid groups (broad SMARTS) is 2. The molecule has 11 heteroatoms. The Morgan fingerprint density at radius 2 is 1.76 bits per heavy atom. The van der Waals surface area contributed by atoms with Gasteiger partial charge in [-0.15, -0.1) is 0 Å². The molecule has 0 saturated carbocycles. The highest BCUT2D eigenvalue weighted by molar-refractivity contribution is 7.00. The van der Waals surface area contributed by atoms with Crippen LogP contribution in [-0.4, -0.2) is 54.4 Å². The van der Waals surface area contributed by atoms with Gasteiger partial charge < -0.3 is 19.7 Å². The lowest BCUT2D eigenvalue weighted by Crippen LogP contribution is -2.15. The van der Waals surface area contributed by atoms with Crippen molar-refractivity contribution in [3.8, 4) is 22.8 Å². The van der Waals surface area contributed by atoms with Gasteiger partial charge in [0.2, 0.25) is 0 Å². The Kier molecular flexibility index (Phi) is 7.00. The molecule has 2 heterocycles. The van der Waals surface area contributed by atoms with E-state index in [1.165, 1.54) is 11.8 Å². The zero-order valence-electron chi connectivity index (χ0n) is 20.2. The topological polar surface area (TPSA) is 137 Å². The van der Waals surface area contributed by atoms with E-state index in [2.05, 4.69) is 8.75 Å². The largest absolute Gasteiger partial charge is 0.497 e. The van der Waals surface area contributed by atoms with Gasteiger partial charge >= 0.3 is 11.9 Å². The van der Waals surface area contributed by atoms with Crippen LogP contribution in [0.15, 0.2) is 66.7 Å². The van der Waals surface area contributed by atoms with Gasteiger partial charge in [-0.25, -0.2) is 9.59 Å². The fraction of sp³-hybridized carbons (Fsp3) is 0.148. The highest BCUT2D eigenvalue weighted by Crippen LogP contribution is 2.31. The summed E-state index contributed by atoms with van der Waals surface area (Å²) in [6, 6.07) is 20.0. The molecule has 2 aromatic heterocycles. The molecular formula is C27H22N4O6S. The zero-order chi connectivity index (χ0) is 26.6. The maximum Gasteiger partial charge on any atom is 0.354 e. The van der Waals surface area contributed by atoms with Gasteiger partial charge in [0.25, 0.3) is 0 Å². The van der Waals surface area contributed by atoms with Gasteiger partial charge in [-0.1, -0.05) is 36.4 Å². The number of hydrogen-bond acceptors (Lipinski definition) is 8. The second-order valence-corrected chi connectivity index (χ2v) is 8.95. The monoisotopic (exact) mass is 530 g/mol. The molecule has 0 atom stereocenters. The summed E-state index contributed by atoms with van der Waals surface area (Å²) < 4.78 is 20.7. The number of aromatic nitrogens is 4. The minimum absolute atomic E-state index is 0.0281. The molecule has 0 spiro atoms. The summed E-state index contributed by atoms with van der Waals surface area (Å²) in [7, 11) is 1.49. The van der Waals surface area contributed by atoms with E-state index in [4.69, 9.17) is 19.7 Å². The summed E-state index contributed by atoms with van der Waals surface area (Å²) >= 11 is 1.12. The van der Waals surface area contributed by atoms with E-state index >= 15 is 0 Å². The Labute approximate surface area is 221 Å². The first kappa shape index (κ1) is 24.9. The average Bonchev–Trinajstić information content (AvgIpc) is 3.53. The zero-order valence-corrected chi connectivity index (χ0v) is 21.0. The van der Waals surface area contributed by atoms with Gasteiger partial charge in [0.05, 0.1) is 31.1 Å². The van der Waals surface area contributed by atoms with Gasteiger partial charge in [-0.3, -0.25) is 4.68 Å². The van der Waals surface area contributed by atoms with Crippen LogP contribution in [0.4, 0.5) is 0 Å². The first-order valence-electron chi connectivity index (χ1n) is 11.5. The predicted octanol–water partition coefficient (Wildman–Crippen LogP) is 4.36. The molecule has 0 aliphatic carbocycles. The maximum absolute atomic E-state index is 12.6. The molecule has 0 saturated heterocycles. The third kappa shape index (κ3) is 5.18. The Morgan fingerprint density at radius 3 is 2.50 bits per heavy atom. The summed E-state index contributed by atoms with van der Waals surface area (Å²) in [5, 5.41) is 24.1. The summed E-state index contributed by atoms with van der Waals surface area (Å²) in [6.07, 6.45) is 0.310. The predicted molar refractivity (Wildman–Crippen MR) is 140 cm³/mol. The van der Waals surface area contributed by atoms with Crippen LogP contribution >= 0.6 is 11.7 Å². The number of rotatable bonds is 10. The van der Waals surface area contributed by atoms with E-state index in [1.807, 2.05) is 48.5 Å². The summed E-state index contributed by atoms with van der Waals surface area (Å²) in [4.78, 5) is 23.8. The van der Waals surface area contributed by atoms with Crippen LogP contribution in [0, 0.1) is 0 Å². The van der Waals surface area contributed by atoms with E-state index in [0.29, 0.717) is 29.0 Å². The molecule has 0 fully saturated rings. The number of methoxy groups -OCH3 is 1. The fourth-order valence-corrected chi connectivity index (χ4v) is 4.74. The molecule has 192 valence electrons. The van der Waals surface area contributed by atoms with Gasteiger partial charge in [-0.2, -0.15) is 13.8 Å². The van der Waals surface area contributed by atoms with E-state index in [1.54, 1.807) is 18.2 Å². The van der Waals surface area contributed by atoms with Crippen molar-refractivity contribution in [3.05, 3.63) is 89.1 Å². The fourth-order valence-electron chi connectivity index (χ4n) is 4.22. The number of aliphatic carboxylic acids is 1. The second-order valence-electron chi connectivity index (χ2n) is 8.42. The Bertz CT molecular complexity index is 1630. The number of aromatic carboxylic acids is 1. The Hall–Kier alpha value is -4.77. The number of nitrogens with zero attached hydrogens (tertiary/aromatic N) is 4. The summed E-state index contributed by atoms with van der Waals surface area (Å²) in [6.45, 7) is -0.519. The molecule has 0 aliphatic heterocycles. The third-order valence-corrected chi connectivity index (χ3v) is 6.50. The van der Waals surface area contributed by atoms with Gasteiger partial charge in [0.15, 0.2) is 12.3 Å². The van der Waals surface area contributed by atoms with Crippen molar-refractivity contribution in [2.75, 3.05) is 13.7 Å². The molecule has 0 aliphatic rings. The van der Waals surface area contributed by atoms with Gasteiger partial charge in [0.1, 0.15) is 22.5 Å². The van der Waals surface area contributed by atoms with Crippen LogP contribution in [0.2, 0.25) is 0 Å². The minimum atomic E-state index is -1.13. The smallest absolute Gasteiger partial charge is 0.354 e. The first-order chi connectivity index (χ1) is 18.4. The van der Waals surface area contributed by atoms with E-state index in [9.17, 15) is 14.7 Å². The van der Waals surface area contributed by atoms with Crippen LogP contribution in [-0.2, 0) is 17.8 Å². The standard InChI is InChI=1S/C27H22N4O6S/c1-36-19-9-8-18(23(13-19)37-15-24(32)33)14-31-26(27(34)35)20(25(28-31)17-5-3-2-4-6-17)11-16-7-10-21-22(12-16)30-38-29-21/h2-10,12-13H,11,14-15H2,1H3,(H,32,33)(H,34,35). The van der Waals surface area contributed by atoms with Gasteiger partial charge in [0, 0.05) is 29.2 Å². The average molecular weight is 531 g/mol. The van der Waals surface area contributed by atoms with Crippen LogP contribution in [0.1, 0.15) is 27.2 Å². The quantitative estimate of drug-likeness (QED) is 0.270. The van der Waals surface area contributed by atoms with E-state index in [-0.39, 0.29) is 18.0 Å². The minimum Gasteiger partial charge on any atom is -0.497 e. The molecule has 38 heavy (non-hydrogen) atoms. The lowest BCUT2D eigenvalue weighted by atomic mass is 9.98. The Balaban J connectivity index is 1.61. The van der Waals surface area contributed by atoms with Crippen molar-refractivity contribution in [2.24, 2.45) is 0 Å². The molecule has 5 rings (SSSR count). The maximum atomic E-state index is 12.6. The number of carboxylic acids is 2. The molecular weight excluding hydrogens is 508 g/mol. The number of carbonyl (C=O) groups is 2. The molecule has 2 N–H and O–H groups in total.